The topological polar surface area (TPSA) is 71.0 Å². The molecule has 0 heterocycles. The maximum Gasteiger partial charge on any atom is 0.0897 e. The molecule has 0 aliphatic carbocycles. The van der Waals surface area contributed by atoms with E-state index in [1.165, 1.54) is 0 Å². The van der Waals surface area contributed by atoms with Crippen molar-refractivity contribution in [1.82, 2.24) is 5.32 Å². The average Bonchev–Trinajstić information content (AvgIpc) is 2.31. The van der Waals surface area contributed by atoms with Crippen molar-refractivity contribution in [1.29, 1.82) is 0 Å². The predicted octanol–water partition coefficient (Wildman–Crippen LogP) is 0.395. The van der Waals surface area contributed by atoms with Gasteiger partial charge in [-0.05, 0) is 19.3 Å². The summed E-state index contributed by atoms with van der Waals surface area (Å²) in [6, 6.07) is 0.223. The molecule has 110 valence electrons. The van der Waals surface area contributed by atoms with Gasteiger partial charge in [0.2, 0.25) is 0 Å². The van der Waals surface area contributed by atoms with Crippen molar-refractivity contribution in [3.63, 3.8) is 0 Å². The molecule has 3 N–H and O–H groups in total. The third-order valence-electron chi connectivity index (χ3n) is 2.84. The summed E-state index contributed by atoms with van der Waals surface area (Å²) in [5, 5.41) is 22.0. The highest BCUT2D eigenvalue weighted by atomic mass is 16.5. The zero-order valence-electron chi connectivity index (χ0n) is 12.1. The number of hydrogen-bond acceptors (Lipinski definition) is 5. The zero-order valence-corrected chi connectivity index (χ0v) is 12.1. The van der Waals surface area contributed by atoms with Crippen LogP contribution in [-0.4, -0.2) is 61.9 Å². The fraction of sp³-hybridized carbons (Fsp3) is 1.00. The van der Waals surface area contributed by atoms with Gasteiger partial charge in [-0.1, -0.05) is 13.8 Å². The molecule has 0 bridgehead atoms. The van der Waals surface area contributed by atoms with Crippen LogP contribution in [0.5, 0.6) is 0 Å². The Labute approximate surface area is 110 Å². The van der Waals surface area contributed by atoms with Gasteiger partial charge in [-0.3, -0.25) is 0 Å². The molecule has 0 saturated heterocycles. The van der Waals surface area contributed by atoms with E-state index in [1.54, 1.807) is 7.11 Å². The highest BCUT2D eigenvalue weighted by Crippen LogP contribution is 2.05. The Morgan fingerprint density at radius 2 is 1.83 bits per heavy atom. The molecule has 0 saturated carbocycles. The minimum absolute atomic E-state index is 0.0111. The summed E-state index contributed by atoms with van der Waals surface area (Å²) in [6.45, 7) is 7.55. The van der Waals surface area contributed by atoms with Gasteiger partial charge < -0.3 is 25.0 Å². The van der Waals surface area contributed by atoms with E-state index in [2.05, 4.69) is 19.2 Å². The number of rotatable bonds is 11. The summed E-state index contributed by atoms with van der Waals surface area (Å²) < 4.78 is 10.4. The molecule has 5 nitrogen and oxygen atoms in total. The van der Waals surface area contributed by atoms with Crippen molar-refractivity contribution in [2.75, 3.05) is 33.5 Å². The molecule has 0 aromatic carbocycles. The second-order valence-corrected chi connectivity index (χ2v) is 5.02. The lowest BCUT2D eigenvalue weighted by atomic mass is 10.0. The van der Waals surface area contributed by atoms with Crippen LogP contribution >= 0.6 is 0 Å². The molecule has 3 atom stereocenters. The van der Waals surface area contributed by atoms with Crippen LogP contribution in [0.15, 0.2) is 0 Å². The Bertz CT molecular complexity index is 190. The van der Waals surface area contributed by atoms with Gasteiger partial charge in [0.05, 0.1) is 25.4 Å². The third kappa shape index (κ3) is 8.83. The average molecular weight is 263 g/mol. The summed E-state index contributed by atoms with van der Waals surface area (Å²) >= 11 is 0. The smallest absolute Gasteiger partial charge is 0.0897 e. The number of aliphatic hydroxyl groups excluding tert-OH is 2. The van der Waals surface area contributed by atoms with Crippen molar-refractivity contribution in [2.24, 2.45) is 5.92 Å². The van der Waals surface area contributed by atoms with E-state index in [0.29, 0.717) is 32.1 Å². The molecule has 0 radical (unpaired) electrons. The van der Waals surface area contributed by atoms with Gasteiger partial charge in [-0.25, -0.2) is 0 Å². The third-order valence-corrected chi connectivity index (χ3v) is 2.84. The first-order valence-electron chi connectivity index (χ1n) is 6.64. The lowest BCUT2D eigenvalue weighted by Crippen LogP contribution is -2.41. The first-order valence-corrected chi connectivity index (χ1v) is 6.64. The Morgan fingerprint density at radius 1 is 1.17 bits per heavy atom. The molecular weight excluding hydrogens is 234 g/mol. The minimum Gasteiger partial charge on any atom is -0.396 e. The minimum atomic E-state index is -0.538. The van der Waals surface area contributed by atoms with Crippen LogP contribution in [0.2, 0.25) is 0 Å². The monoisotopic (exact) mass is 263 g/mol. The molecular formula is C13H29NO4. The van der Waals surface area contributed by atoms with E-state index in [4.69, 9.17) is 14.6 Å². The molecule has 3 unspecified atom stereocenters. The highest BCUT2D eigenvalue weighted by Gasteiger charge is 2.14. The van der Waals surface area contributed by atoms with Crippen LogP contribution in [0.25, 0.3) is 0 Å². The molecule has 0 amide bonds. The lowest BCUT2D eigenvalue weighted by molar-refractivity contribution is -0.0320. The SMILES string of the molecule is COCC(C)OCC(O)CNC(CCO)C(C)C. The van der Waals surface area contributed by atoms with E-state index in [0.717, 1.165) is 0 Å². The van der Waals surface area contributed by atoms with Gasteiger partial charge in [-0.15, -0.1) is 0 Å². The maximum absolute atomic E-state index is 9.77. The van der Waals surface area contributed by atoms with Gasteiger partial charge in [0.15, 0.2) is 0 Å². The largest absolute Gasteiger partial charge is 0.396 e. The highest BCUT2D eigenvalue weighted by molar-refractivity contribution is 4.72. The molecule has 0 aromatic rings. The van der Waals surface area contributed by atoms with E-state index < -0.39 is 6.10 Å². The quantitative estimate of drug-likeness (QED) is 0.503. The first-order chi connectivity index (χ1) is 8.51. The van der Waals surface area contributed by atoms with Crippen molar-refractivity contribution in [2.45, 2.75) is 45.4 Å². The Kier molecular flexibility index (Phi) is 10.6. The second-order valence-electron chi connectivity index (χ2n) is 5.02. The summed E-state index contributed by atoms with van der Waals surface area (Å²) in [5.41, 5.74) is 0. The summed E-state index contributed by atoms with van der Waals surface area (Å²) in [5.74, 6) is 0.428. The van der Waals surface area contributed by atoms with E-state index in [9.17, 15) is 5.11 Å². The van der Waals surface area contributed by atoms with Crippen LogP contribution in [0.3, 0.4) is 0 Å². The van der Waals surface area contributed by atoms with Crippen molar-refractivity contribution in [3.8, 4) is 0 Å². The molecule has 0 fully saturated rings. The number of aliphatic hydroxyl groups is 2. The van der Waals surface area contributed by atoms with Crippen LogP contribution in [0.1, 0.15) is 27.2 Å². The van der Waals surface area contributed by atoms with Crippen LogP contribution in [0, 0.1) is 5.92 Å². The van der Waals surface area contributed by atoms with E-state index in [-0.39, 0.29) is 18.8 Å². The summed E-state index contributed by atoms with van der Waals surface area (Å²) in [4.78, 5) is 0. The molecule has 5 heteroatoms. The van der Waals surface area contributed by atoms with Crippen LogP contribution < -0.4 is 5.32 Å². The normalized spacial score (nSPS) is 16.8. The Morgan fingerprint density at radius 3 is 2.33 bits per heavy atom. The fourth-order valence-electron chi connectivity index (χ4n) is 1.71. The van der Waals surface area contributed by atoms with E-state index >= 15 is 0 Å². The predicted molar refractivity (Wildman–Crippen MR) is 71.6 cm³/mol. The number of methoxy groups -OCH3 is 1. The summed E-state index contributed by atoms with van der Waals surface area (Å²) in [6.07, 6.45) is 0.151. The van der Waals surface area contributed by atoms with Gasteiger partial charge in [0.1, 0.15) is 0 Å². The maximum atomic E-state index is 9.77. The van der Waals surface area contributed by atoms with Gasteiger partial charge in [0.25, 0.3) is 0 Å². The van der Waals surface area contributed by atoms with Crippen molar-refractivity contribution in [3.05, 3.63) is 0 Å². The number of hydrogen-bond donors (Lipinski definition) is 3. The lowest BCUT2D eigenvalue weighted by Gasteiger charge is -2.24. The number of nitrogens with one attached hydrogen (secondary N) is 1. The van der Waals surface area contributed by atoms with Crippen molar-refractivity contribution >= 4 is 0 Å². The molecule has 0 aromatic heterocycles. The molecule has 18 heavy (non-hydrogen) atoms. The van der Waals surface area contributed by atoms with Gasteiger partial charge in [0, 0.05) is 26.3 Å². The molecule has 0 aliphatic rings. The zero-order chi connectivity index (χ0) is 14.0. The Balaban J connectivity index is 3.76. The molecule has 0 rings (SSSR count). The van der Waals surface area contributed by atoms with Crippen LogP contribution in [0.4, 0.5) is 0 Å². The molecule has 0 spiro atoms. The van der Waals surface area contributed by atoms with Crippen molar-refractivity contribution < 1.29 is 19.7 Å². The fourth-order valence-corrected chi connectivity index (χ4v) is 1.71. The Hall–Kier alpha value is -0.200. The van der Waals surface area contributed by atoms with Crippen LogP contribution in [-0.2, 0) is 9.47 Å². The standard InChI is InChI=1S/C13H29NO4/c1-10(2)13(5-6-15)14-7-12(16)9-18-11(3)8-17-4/h10-16H,5-9H2,1-4H3. The van der Waals surface area contributed by atoms with E-state index in [1.807, 2.05) is 6.92 Å². The first kappa shape index (κ1) is 17.8. The number of ether oxygens (including phenoxy) is 2. The summed E-state index contributed by atoms with van der Waals surface area (Å²) in [7, 11) is 1.62. The van der Waals surface area contributed by atoms with Gasteiger partial charge in [-0.2, -0.15) is 0 Å². The van der Waals surface area contributed by atoms with Gasteiger partial charge >= 0.3 is 0 Å². The second kappa shape index (κ2) is 10.7. The molecule has 0 aliphatic heterocycles.